The van der Waals surface area contributed by atoms with Crippen molar-refractivity contribution in [1.29, 1.82) is 0 Å². The number of carbonyl (C=O) groups is 1. The highest BCUT2D eigenvalue weighted by Crippen LogP contribution is 2.30. The lowest BCUT2D eigenvalue weighted by molar-refractivity contribution is -0.117. The summed E-state index contributed by atoms with van der Waals surface area (Å²) in [4.78, 5) is 12.1. The molecule has 0 bridgehead atoms. The zero-order chi connectivity index (χ0) is 14.5. The molecule has 3 nitrogen and oxygen atoms in total. The van der Waals surface area contributed by atoms with Crippen molar-refractivity contribution in [3.8, 4) is 0 Å². The van der Waals surface area contributed by atoms with Crippen LogP contribution in [0.4, 0.5) is 5.69 Å². The molecule has 2 rings (SSSR count). The summed E-state index contributed by atoms with van der Waals surface area (Å²) in [6, 6.07) is 14.3. The van der Waals surface area contributed by atoms with Gasteiger partial charge in [0.25, 0.3) is 0 Å². The van der Waals surface area contributed by atoms with E-state index in [1.165, 1.54) is 0 Å². The second-order valence-electron chi connectivity index (χ2n) is 4.39. The fraction of sp³-hybridized carbons (Fsp3) is 0.133. The molecule has 0 fully saturated rings. The van der Waals surface area contributed by atoms with Gasteiger partial charge in [0.1, 0.15) is 0 Å². The van der Waals surface area contributed by atoms with E-state index < -0.39 is 6.04 Å². The Kier molecular flexibility index (Phi) is 5.17. The highest BCUT2D eigenvalue weighted by molar-refractivity contribution is 9.10. The Morgan fingerprint density at radius 1 is 1.20 bits per heavy atom. The Morgan fingerprint density at radius 3 is 2.60 bits per heavy atom. The summed E-state index contributed by atoms with van der Waals surface area (Å²) in [5, 5.41) is 3.32. The van der Waals surface area contributed by atoms with E-state index in [9.17, 15) is 4.79 Å². The molecule has 2 aromatic carbocycles. The number of hydrogen-bond donors (Lipinski definition) is 2. The summed E-state index contributed by atoms with van der Waals surface area (Å²) in [6.45, 7) is 0. The fourth-order valence-electron chi connectivity index (χ4n) is 1.79. The third-order valence-electron chi connectivity index (χ3n) is 2.84. The monoisotopic (exact) mass is 352 g/mol. The Bertz CT molecular complexity index is 604. The molecule has 0 aromatic heterocycles. The third kappa shape index (κ3) is 3.82. The van der Waals surface area contributed by atoms with E-state index in [1.54, 1.807) is 18.2 Å². The molecule has 0 aliphatic rings. The van der Waals surface area contributed by atoms with Gasteiger partial charge in [0, 0.05) is 0 Å². The Hall–Kier alpha value is -1.36. The highest BCUT2D eigenvalue weighted by Gasteiger charge is 2.15. The van der Waals surface area contributed by atoms with Crippen LogP contribution in [0.2, 0.25) is 5.02 Å². The topological polar surface area (TPSA) is 55.1 Å². The minimum atomic E-state index is -0.608. The maximum Gasteiger partial charge on any atom is 0.241 e. The second kappa shape index (κ2) is 6.88. The van der Waals surface area contributed by atoms with Crippen LogP contribution in [0.25, 0.3) is 0 Å². The first kappa shape index (κ1) is 15.0. The number of nitrogens with one attached hydrogen (secondary N) is 1. The van der Waals surface area contributed by atoms with Crippen LogP contribution in [0.5, 0.6) is 0 Å². The minimum Gasteiger partial charge on any atom is -0.324 e. The van der Waals surface area contributed by atoms with Crippen LogP contribution in [-0.2, 0) is 11.2 Å². The van der Waals surface area contributed by atoms with E-state index in [0.29, 0.717) is 21.6 Å². The molecule has 2 aromatic rings. The van der Waals surface area contributed by atoms with E-state index in [-0.39, 0.29) is 5.91 Å². The first-order valence-electron chi connectivity index (χ1n) is 6.12. The molecular formula is C15H14BrClN2O. The zero-order valence-corrected chi connectivity index (χ0v) is 13.0. The van der Waals surface area contributed by atoms with Gasteiger partial charge in [0.15, 0.2) is 0 Å². The number of nitrogens with two attached hydrogens (primary N) is 1. The van der Waals surface area contributed by atoms with Gasteiger partial charge in [-0.15, -0.1) is 0 Å². The number of rotatable bonds is 4. The van der Waals surface area contributed by atoms with Gasteiger partial charge in [-0.25, -0.2) is 0 Å². The summed E-state index contributed by atoms with van der Waals surface area (Å²) >= 11 is 9.31. The second-order valence-corrected chi connectivity index (χ2v) is 5.59. The van der Waals surface area contributed by atoms with Gasteiger partial charge in [0.2, 0.25) is 5.91 Å². The lowest BCUT2D eigenvalue weighted by atomic mass is 10.1. The quantitative estimate of drug-likeness (QED) is 0.882. The highest BCUT2D eigenvalue weighted by atomic mass is 79.9. The smallest absolute Gasteiger partial charge is 0.241 e. The zero-order valence-electron chi connectivity index (χ0n) is 10.6. The molecule has 0 aliphatic carbocycles. The van der Waals surface area contributed by atoms with Crippen molar-refractivity contribution in [2.45, 2.75) is 12.5 Å². The molecule has 1 atom stereocenters. The number of anilines is 1. The van der Waals surface area contributed by atoms with E-state index in [2.05, 4.69) is 21.2 Å². The third-order valence-corrected chi connectivity index (χ3v) is 4.24. The molecule has 0 saturated carbocycles. The van der Waals surface area contributed by atoms with Crippen molar-refractivity contribution in [1.82, 2.24) is 0 Å². The normalized spacial score (nSPS) is 11.9. The maximum atomic E-state index is 12.1. The lowest BCUT2D eigenvalue weighted by Crippen LogP contribution is -2.37. The number of benzene rings is 2. The van der Waals surface area contributed by atoms with Crippen LogP contribution < -0.4 is 11.1 Å². The molecule has 0 saturated heterocycles. The van der Waals surface area contributed by atoms with E-state index in [1.807, 2.05) is 30.3 Å². The van der Waals surface area contributed by atoms with Gasteiger partial charge in [0.05, 0.1) is 21.2 Å². The van der Waals surface area contributed by atoms with Crippen molar-refractivity contribution in [3.63, 3.8) is 0 Å². The van der Waals surface area contributed by atoms with Crippen molar-refractivity contribution in [3.05, 3.63) is 63.6 Å². The molecule has 1 amide bonds. The van der Waals surface area contributed by atoms with Gasteiger partial charge < -0.3 is 11.1 Å². The Balaban J connectivity index is 2.03. The predicted molar refractivity (Wildman–Crippen MR) is 85.9 cm³/mol. The van der Waals surface area contributed by atoms with Gasteiger partial charge in [-0.05, 0) is 40.0 Å². The predicted octanol–water partition coefficient (Wildman–Crippen LogP) is 3.61. The molecule has 0 radical (unpaired) electrons. The van der Waals surface area contributed by atoms with Crippen LogP contribution >= 0.6 is 27.5 Å². The average molecular weight is 354 g/mol. The summed E-state index contributed by atoms with van der Waals surface area (Å²) in [5.41, 5.74) is 7.57. The summed E-state index contributed by atoms with van der Waals surface area (Å²) in [5.74, 6) is -0.239. The van der Waals surface area contributed by atoms with Crippen molar-refractivity contribution < 1.29 is 4.79 Å². The van der Waals surface area contributed by atoms with Crippen LogP contribution in [0.1, 0.15) is 5.56 Å². The van der Waals surface area contributed by atoms with Gasteiger partial charge in [-0.3, -0.25) is 4.79 Å². The van der Waals surface area contributed by atoms with Gasteiger partial charge >= 0.3 is 0 Å². The first-order valence-corrected chi connectivity index (χ1v) is 7.29. The summed E-state index contributed by atoms with van der Waals surface area (Å²) in [6.07, 6.45) is 0.491. The van der Waals surface area contributed by atoms with E-state index in [4.69, 9.17) is 17.3 Å². The van der Waals surface area contributed by atoms with Crippen molar-refractivity contribution in [2.75, 3.05) is 5.32 Å². The molecule has 3 N–H and O–H groups in total. The minimum absolute atomic E-state index is 0.239. The Morgan fingerprint density at radius 2 is 1.90 bits per heavy atom. The molecule has 5 heteroatoms. The van der Waals surface area contributed by atoms with Crippen LogP contribution in [0.15, 0.2) is 53.0 Å². The van der Waals surface area contributed by atoms with E-state index in [0.717, 1.165) is 5.56 Å². The first-order chi connectivity index (χ1) is 9.58. The van der Waals surface area contributed by atoms with Crippen LogP contribution in [0, 0.1) is 0 Å². The lowest BCUT2D eigenvalue weighted by Gasteiger charge is -2.13. The van der Waals surface area contributed by atoms with Crippen molar-refractivity contribution >= 4 is 39.1 Å². The molecule has 0 spiro atoms. The summed E-state index contributed by atoms with van der Waals surface area (Å²) < 4.78 is 0.655. The number of carbonyl (C=O) groups excluding carboxylic acids is 1. The van der Waals surface area contributed by atoms with E-state index >= 15 is 0 Å². The maximum absolute atomic E-state index is 12.1. The standard InChI is InChI=1S/C15H14BrClN2O/c16-14-11(17)7-4-8-13(14)19-15(20)12(18)9-10-5-2-1-3-6-10/h1-8,12H,9,18H2,(H,19,20)/t12-/m1/s1. The fourth-order valence-corrected chi connectivity index (χ4v) is 2.32. The van der Waals surface area contributed by atoms with Crippen LogP contribution in [-0.4, -0.2) is 11.9 Å². The van der Waals surface area contributed by atoms with Gasteiger partial charge in [-0.1, -0.05) is 48.0 Å². The SMILES string of the molecule is N[C@H](Cc1ccccc1)C(=O)Nc1cccc(Cl)c1Br. The summed E-state index contributed by atoms with van der Waals surface area (Å²) in [7, 11) is 0. The number of halogens is 2. The molecule has 104 valence electrons. The Labute approximate surface area is 131 Å². The molecule has 20 heavy (non-hydrogen) atoms. The number of hydrogen-bond acceptors (Lipinski definition) is 2. The number of amides is 1. The average Bonchev–Trinajstić information content (AvgIpc) is 2.45. The van der Waals surface area contributed by atoms with Gasteiger partial charge in [-0.2, -0.15) is 0 Å². The molecule has 0 aliphatic heterocycles. The molecular weight excluding hydrogens is 340 g/mol. The van der Waals surface area contributed by atoms with Crippen molar-refractivity contribution in [2.24, 2.45) is 5.73 Å². The van der Waals surface area contributed by atoms with Crippen LogP contribution in [0.3, 0.4) is 0 Å². The molecule has 0 heterocycles. The molecule has 0 unspecified atom stereocenters. The largest absolute Gasteiger partial charge is 0.324 e.